The van der Waals surface area contributed by atoms with Crippen molar-refractivity contribution < 1.29 is 0 Å². The second kappa shape index (κ2) is 5.65. The van der Waals surface area contributed by atoms with Crippen LogP contribution in [-0.2, 0) is 0 Å². The Balaban J connectivity index is 2.24. The average molecular weight is 302 g/mol. The van der Waals surface area contributed by atoms with Crippen LogP contribution in [-0.4, -0.2) is 4.98 Å². The molecule has 1 unspecified atom stereocenters. The predicted octanol–water partition coefficient (Wildman–Crippen LogP) is 3.89. The quantitative estimate of drug-likeness (QED) is 0.935. The van der Waals surface area contributed by atoms with E-state index in [0.717, 1.165) is 15.9 Å². The van der Waals surface area contributed by atoms with E-state index in [1.807, 2.05) is 37.3 Å². The molecule has 1 aromatic heterocycles. The molecule has 1 aromatic carbocycles. The van der Waals surface area contributed by atoms with Gasteiger partial charge in [0, 0.05) is 10.7 Å². The zero-order valence-electron chi connectivity index (χ0n) is 9.89. The van der Waals surface area contributed by atoms with Crippen molar-refractivity contribution in [1.82, 2.24) is 4.98 Å². The normalized spacial score (nSPS) is 11.6. The summed E-state index contributed by atoms with van der Waals surface area (Å²) in [5.41, 5.74) is 2.38. The lowest BCUT2D eigenvalue weighted by Crippen LogP contribution is -2.09. The Morgan fingerprint density at radius 1 is 1.33 bits per heavy atom. The fourth-order valence-electron chi connectivity index (χ4n) is 1.67. The molecule has 0 aliphatic carbocycles. The Bertz CT molecular complexity index is 575. The highest BCUT2D eigenvalue weighted by Gasteiger charge is 2.09. The van der Waals surface area contributed by atoms with Crippen LogP contribution in [0.1, 0.15) is 24.2 Å². The number of anilines is 1. The van der Waals surface area contributed by atoms with Crippen molar-refractivity contribution in [2.45, 2.75) is 13.0 Å². The first-order valence-electron chi connectivity index (χ1n) is 5.58. The van der Waals surface area contributed by atoms with Gasteiger partial charge in [0.1, 0.15) is 6.07 Å². The molecular weight excluding hydrogens is 290 g/mol. The summed E-state index contributed by atoms with van der Waals surface area (Å²) in [7, 11) is 0. The largest absolute Gasteiger partial charge is 0.376 e. The number of nitrogens with one attached hydrogen (secondary N) is 1. The summed E-state index contributed by atoms with van der Waals surface area (Å²) >= 11 is 3.41. The molecule has 2 rings (SSSR count). The average Bonchev–Trinajstić information content (AvgIpc) is 2.40. The molecule has 3 nitrogen and oxygen atoms in total. The zero-order valence-corrected chi connectivity index (χ0v) is 11.5. The van der Waals surface area contributed by atoms with Gasteiger partial charge in [0.15, 0.2) is 0 Å². The maximum absolute atomic E-state index is 9.07. The van der Waals surface area contributed by atoms with Crippen molar-refractivity contribution in [2.75, 3.05) is 5.32 Å². The van der Waals surface area contributed by atoms with Gasteiger partial charge < -0.3 is 5.32 Å². The Morgan fingerprint density at radius 2 is 2.17 bits per heavy atom. The minimum atomic E-state index is 0.0487. The number of aromatic nitrogens is 1. The maximum Gasteiger partial charge on any atom is 0.101 e. The van der Waals surface area contributed by atoms with Crippen molar-refractivity contribution in [3.63, 3.8) is 0 Å². The molecule has 2 aromatic rings. The molecule has 0 aliphatic heterocycles. The molecule has 0 fully saturated rings. The van der Waals surface area contributed by atoms with Crippen LogP contribution in [0.3, 0.4) is 0 Å². The Kier molecular flexibility index (Phi) is 3.96. The van der Waals surface area contributed by atoms with Crippen LogP contribution >= 0.6 is 15.9 Å². The molecule has 18 heavy (non-hydrogen) atoms. The number of rotatable bonds is 3. The van der Waals surface area contributed by atoms with Crippen LogP contribution in [0.4, 0.5) is 5.69 Å². The van der Waals surface area contributed by atoms with Gasteiger partial charge in [0.05, 0.1) is 23.0 Å². The van der Waals surface area contributed by atoms with Crippen LogP contribution in [0.5, 0.6) is 0 Å². The third-order valence-corrected chi connectivity index (χ3v) is 3.10. The number of pyridine rings is 1. The highest BCUT2D eigenvalue weighted by molar-refractivity contribution is 9.10. The van der Waals surface area contributed by atoms with E-state index < -0.39 is 0 Å². The first-order chi connectivity index (χ1) is 8.70. The van der Waals surface area contributed by atoms with E-state index in [1.54, 1.807) is 12.3 Å². The topological polar surface area (TPSA) is 48.7 Å². The van der Waals surface area contributed by atoms with Gasteiger partial charge in [-0.1, -0.05) is 22.0 Å². The minimum Gasteiger partial charge on any atom is -0.376 e. The summed E-state index contributed by atoms with van der Waals surface area (Å²) in [6.45, 7) is 2.02. The Morgan fingerprint density at radius 3 is 2.83 bits per heavy atom. The summed E-state index contributed by atoms with van der Waals surface area (Å²) in [6.07, 6.45) is 1.76. The number of hydrogen-bond acceptors (Lipinski definition) is 3. The first kappa shape index (κ1) is 12.6. The zero-order chi connectivity index (χ0) is 13.0. The number of nitrogens with zero attached hydrogens (tertiary/aromatic N) is 2. The molecule has 0 saturated heterocycles. The summed E-state index contributed by atoms with van der Waals surface area (Å²) in [4.78, 5) is 4.30. The molecule has 0 bridgehead atoms. The van der Waals surface area contributed by atoms with Gasteiger partial charge >= 0.3 is 0 Å². The fraction of sp³-hybridized carbons (Fsp3) is 0.143. The molecule has 4 heteroatoms. The van der Waals surface area contributed by atoms with Crippen LogP contribution in [0.2, 0.25) is 0 Å². The highest BCUT2D eigenvalue weighted by atomic mass is 79.9. The van der Waals surface area contributed by atoms with Gasteiger partial charge in [0.25, 0.3) is 0 Å². The van der Waals surface area contributed by atoms with Crippen molar-refractivity contribution in [2.24, 2.45) is 0 Å². The van der Waals surface area contributed by atoms with Crippen molar-refractivity contribution in [1.29, 1.82) is 5.26 Å². The van der Waals surface area contributed by atoms with Gasteiger partial charge in [-0.05, 0) is 37.3 Å². The number of benzene rings is 1. The van der Waals surface area contributed by atoms with Gasteiger partial charge in [-0.25, -0.2) is 0 Å². The molecule has 0 spiro atoms. The van der Waals surface area contributed by atoms with Crippen LogP contribution in [0.15, 0.2) is 47.1 Å². The smallest absolute Gasteiger partial charge is 0.101 e. The molecular formula is C14H12BrN3. The van der Waals surface area contributed by atoms with Crippen molar-refractivity contribution in [3.8, 4) is 6.07 Å². The van der Waals surface area contributed by atoms with Crippen LogP contribution < -0.4 is 5.32 Å². The summed E-state index contributed by atoms with van der Waals surface area (Å²) in [6, 6.07) is 13.6. The Hall–Kier alpha value is -1.86. The summed E-state index contributed by atoms with van der Waals surface area (Å²) in [5, 5.41) is 12.4. The molecule has 0 radical (unpaired) electrons. The minimum absolute atomic E-state index is 0.0487. The third kappa shape index (κ3) is 2.88. The number of hydrogen-bond donors (Lipinski definition) is 1. The highest BCUT2D eigenvalue weighted by Crippen LogP contribution is 2.24. The summed E-state index contributed by atoms with van der Waals surface area (Å²) < 4.78 is 0.942. The molecule has 1 heterocycles. The maximum atomic E-state index is 9.07. The third-order valence-electron chi connectivity index (χ3n) is 2.61. The monoisotopic (exact) mass is 301 g/mol. The lowest BCUT2D eigenvalue weighted by Gasteiger charge is -2.15. The van der Waals surface area contributed by atoms with E-state index in [1.165, 1.54) is 0 Å². The van der Waals surface area contributed by atoms with E-state index in [2.05, 4.69) is 32.3 Å². The van der Waals surface area contributed by atoms with Crippen molar-refractivity contribution >= 4 is 21.6 Å². The van der Waals surface area contributed by atoms with E-state index in [-0.39, 0.29) is 6.04 Å². The van der Waals surface area contributed by atoms with Crippen LogP contribution in [0.25, 0.3) is 0 Å². The predicted molar refractivity (Wildman–Crippen MR) is 75.1 cm³/mol. The SMILES string of the molecule is CC(Nc1cc(Br)ccc1C#N)c1ccccn1. The second-order valence-corrected chi connectivity index (χ2v) is 4.84. The van der Waals surface area contributed by atoms with Gasteiger partial charge in [-0.2, -0.15) is 5.26 Å². The molecule has 1 N–H and O–H groups in total. The standard InChI is InChI=1S/C14H12BrN3/c1-10(13-4-2-3-7-17-13)18-14-8-12(15)6-5-11(14)9-16/h2-8,10,18H,1H3. The number of nitriles is 1. The lowest BCUT2D eigenvalue weighted by molar-refractivity contribution is 0.839. The molecule has 0 aliphatic rings. The van der Waals surface area contributed by atoms with E-state index >= 15 is 0 Å². The van der Waals surface area contributed by atoms with E-state index in [4.69, 9.17) is 5.26 Å². The first-order valence-corrected chi connectivity index (χ1v) is 6.37. The molecule has 0 amide bonds. The lowest BCUT2D eigenvalue weighted by atomic mass is 10.1. The van der Waals surface area contributed by atoms with Crippen molar-refractivity contribution in [3.05, 3.63) is 58.3 Å². The number of halogens is 1. The van der Waals surface area contributed by atoms with Gasteiger partial charge in [0.2, 0.25) is 0 Å². The molecule has 1 atom stereocenters. The van der Waals surface area contributed by atoms with Gasteiger partial charge in [-0.3, -0.25) is 4.98 Å². The van der Waals surface area contributed by atoms with E-state index in [9.17, 15) is 0 Å². The van der Waals surface area contributed by atoms with E-state index in [0.29, 0.717) is 5.56 Å². The van der Waals surface area contributed by atoms with Crippen LogP contribution in [0, 0.1) is 11.3 Å². The summed E-state index contributed by atoms with van der Waals surface area (Å²) in [5.74, 6) is 0. The second-order valence-electron chi connectivity index (χ2n) is 3.92. The fourth-order valence-corrected chi connectivity index (χ4v) is 2.03. The Labute approximate surface area is 115 Å². The molecule has 0 saturated carbocycles. The molecule has 90 valence electrons. The van der Waals surface area contributed by atoms with Gasteiger partial charge in [-0.15, -0.1) is 0 Å².